The number of benzene rings is 1. The number of aromatic nitrogens is 1. The monoisotopic (exact) mass is 309 g/mol. The lowest BCUT2D eigenvalue weighted by Crippen LogP contribution is -2.34. The maximum Gasteiger partial charge on any atom is 0.132 e. The molecule has 1 aromatic carbocycles. The van der Waals surface area contributed by atoms with Crippen molar-refractivity contribution in [1.82, 2.24) is 9.88 Å². The van der Waals surface area contributed by atoms with E-state index >= 15 is 0 Å². The zero-order valence-corrected chi connectivity index (χ0v) is 14.3. The van der Waals surface area contributed by atoms with E-state index in [0.29, 0.717) is 6.04 Å². The summed E-state index contributed by atoms with van der Waals surface area (Å²) in [7, 11) is 2.07. The first-order valence-electron chi connectivity index (χ1n) is 8.78. The summed E-state index contributed by atoms with van der Waals surface area (Å²) >= 11 is 0. The first-order valence-corrected chi connectivity index (χ1v) is 8.78. The molecule has 0 bridgehead atoms. The van der Waals surface area contributed by atoms with Gasteiger partial charge in [0.15, 0.2) is 0 Å². The molecular weight excluding hydrogens is 282 g/mol. The Kier molecular flexibility index (Phi) is 5.29. The van der Waals surface area contributed by atoms with Crippen molar-refractivity contribution in [1.29, 1.82) is 0 Å². The molecule has 3 heteroatoms. The van der Waals surface area contributed by atoms with E-state index in [1.165, 1.54) is 44.3 Å². The first-order chi connectivity index (χ1) is 11.3. The smallest absolute Gasteiger partial charge is 0.132 e. The summed E-state index contributed by atoms with van der Waals surface area (Å²) < 4.78 is 0. The van der Waals surface area contributed by atoms with E-state index in [1.54, 1.807) is 0 Å². The molecule has 0 saturated carbocycles. The number of pyridine rings is 1. The minimum atomic E-state index is 0.548. The normalized spacial score (nSPS) is 18.8. The van der Waals surface area contributed by atoms with Gasteiger partial charge in [-0.25, -0.2) is 4.98 Å². The number of likely N-dealkylation sites (tertiary alicyclic amines) is 1. The highest BCUT2D eigenvalue weighted by Crippen LogP contribution is 2.31. The van der Waals surface area contributed by atoms with Crippen molar-refractivity contribution in [2.75, 3.05) is 25.0 Å². The number of hydrogen-bond donors (Lipinski definition) is 0. The van der Waals surface area contributed by atoms with E-state index in [1.807, 2.05) is 6.07 Å². The molecule has 2 aromatic rings. The fourth-order valence-corrected chi connectivity index (χ4v) is 3.50. The Morgan fingerprint density at radius 2 is 1.96 bits per heavy atom. The molecular formula is C20H27N3. The zero-order valence-electron chi connectivity index (χ0n) is 14.3. The van der Waals surface area contributed by atoms with Gasteiger partial charge >= 0.3 is 0 Å². The highest BCUT2D eigenvalue weighted by molar-refractivity contribution is 5.58. The minimum absolute atomic E-state index is 0.548. The Morgan fingerprint density at radius 3 is 2.65 bits per heavy atom. The molecule has 1 saturated heterocycles. The number of nitrogens with zero attached hydrogens (tertiary/aromatic N) is 3. The van der Waals surface area contributed by atoms with Crippen LogP contribution < -0.4 is 4.90 Å². The van der Waals surface area contributed by atoms with Crippen LogP contribution in [0.5, 0.6) is 0 Å². The van der Waals surface area contributed by atoms with Crippen molar-refractivity contribution in [3.05, 3.63) is 54.2 Å². The second-order valence-electron chi connectivity index (χ2n) is 6.39. The standard InChI is InChI=1S/C20H27N3/c1-3-14-23-15-8-7-11-19(23)17-12-13-20(21-16-17)22(2)18-9-5-4-6-10-18/h4-6,9-10,12-13,16,19H,3,7-8,11,14-15H2,1-2H3/t19-/m1/s1. The molecule has 0 amide bonds. The fraction of sp³-hybridized carbons (Fsp3) is 0.450. The Hall–Kier alpha value is -1.87. The molecule has 1 aliphatic rings. The summed E-state index contributed by atoms with van der Waals surface area (Å²) in [6.45, 7) is 4.68. The molecule has 2 heterocycles. The summed E-state index contributed by atoms with van der Waals surface area (Å²) in [4.78, 5) is 9.48. The van der Waals surface area contributed by atoms with Crippen LogP contribution in [0.1, 0.15) is 44.2 Å². The van der Waals surface area contributed by atoms with Crippen LogP contribution in [0.4, 0.5) is 11.5 Å². The topological polar surface area (TPSA) is 19.4 Å². The van der Waals surface area contributed by atoms with Crippen LogP contribution >= 0.6 is 0 Å². The summed E-state index contributed by atoms with van der Waals surface area (Å²) in [5.41, 5.74) is 2.53. The van der Waals surface area contributed by atoms with E-state index in [-0.39, 0.29) is 0 Å². The predicted molar refractivity (Wildman–Crippen MR) is 97.2 cm³/mol. The van der Waals surface area contributed by atoms with E-state index in [9.17, 15) is 0 Å². The molecule has 1 atom stereocenters. The predicted octanol–water partition coefficient (Wildman–Crippen LogP) is 4.79. The third-order valence-corrected chi connectivity index (χ3v) is 4.77. The molecule has 0 N–H and O–H groups in total. The molecule has 0 spiro atoms. The number of hydrogen-bond acceptors (Lipinski definition) is 3. The Balaban J connectivity index is 1.76. The maximum absolute atomic E-state index is 4.72. The van der Waals surface area contributed by atoms with Crippen molar-refractivity contribution >= 4 is 11.5 Å². The van der Waals surface area contributed by atoms with Gasteiger partial charge in [0.2, 0.25) is 0 Å². The second-order valence-corrected chi connectivity index (χ2v) is 6.39. The number of piperidine rings is 1. The average Bonchev–Trinajstić information content (AvgIpc) is 2.63. The van der Waals surface area contributed by atoms with Gasteiger partial charge in [-0.2, -0.15) is 0 Å². The summed E-state index contributed by atoms with van der Waals surface area (Å²) in [6.07, 6.45) is 7.22. The summed E-state index contributed by atoms with van der Waals surface area (Å²) in [6, 6.07) is 15.3. The number of anilines is 2. The van der Waals surface area contributed by atoms with Crippen molar-refractivity contribution in [2.24, 2.45) is 0 Å². The van der Waals surface area contributed by atoms with E-state index in [0.717, 1.165) is 11.5 Å². The number of para-hydroxylation sites is 1. The van der Waals surface area contributed by atoms with Crippen LogP contribution in [0.2, 0.25) is 0 Å². The lowest BCUT2D eigenvalue weighted by Gasteiger charge is -2.35. The van der Waals surface area contributed by atoms with Gasteiger partial charge in [0.25, 0.3) is 0 Å². The minimum Gasteiger partial charge on any atom is -0.329 e. The largest absolute Gasteiger partial charge is 0.329 e. The molecule has 1 aromatic heterocycles. The second kappa shape index (κ2) is 7.60. The van der Waals surface area contributed by atoms with Crippen molar-refractivity contribution in [2.45, 2.75) is 38.6 Å². The molecule has 122 valence electrons. The van der Waals surface area contributed by atoms with Gasteiger partial charge < -0.3 is 4.90 Å². The fourth-order valence-electron chi connectivity index (χ4n) is 3.50. The molecule has 1 fully saturated rings. The maximum atomic E-state index is 4.72. The van der Waals surface area contributed by atoms with Crippen LogP contribution in [-0.2, 0) is 0 Å². The summed E-state index contributed by atoms with van der Waals surface area (Å²) in [5.74, 6) is 0.998. The van der Waals surface area contributed by atoms with E-state index in [2.05, 4.69) is 66.4 Å². The van der Waals surface area contributed by atoms with Gasteiger partial charge in [-0.05, 0) is 56.1 Å². The van der Waals surface area contributed by atoms with Crippen LogP contribution in [0.15, 0.2) is 48.7 Å². The average molecular weight is 309 g/mol. The van der Waals surface area contributed by atoms with Gasteiger partial charge in [0, 0.05) is 25.0 Å². The van der Waals surface area contributed by atoms with Gasteiger partial charge in [-0.1, -0.05) is 37.6 Å². The zero-order chi connectivity index (χ0) is 16.1. The number of rotatable bonds is 5. The highest BCUT2D eigenvalue weighted by Gasteiger charge is 2.23. The third-order valence-electron chi connectivity index (χ3n) is 4.77. The molecule has 0 aliphatic carbocycles. The van der Waals surface area contributed by atoms with Crippen LogP contribution in [-0.4, -0.2) is 30.0 Å². The van der Waals surface area contributed by atoms with Crippen molar-refractivity contribution in [3.8, 4) is 0 Å². The Bertz CT molecular complexity index is 592. The highest BCUT2D eigenvalue weighted by atomic mass is 15.2. The first kappa shape index (κ1) is 16.0. The quantitative estimate of drug-likeness (QED) is 0.792. The van der Waals surface area contributed by atoms with Gasteiger partial charge in [0.1, 0.15) is 5.82 Å². The van der Waals surface area contributed by atoms with Crippen LogP contribution in [0, 0.1) is 0 Å². The Labute approximate surface area is 140 Å². The molecule has 23 heavy (non-hydrogen) atoms. The molecule has 0 unspecified atom stereocenters. The van der Waals surface area contributed by atoms with Crippen LogP contribution in [0.3, 0.4) is 0 Å². The molecule has 3 nitrogen and oxygen atoms in total. The molecule has 3 rings (SSSR count). The molecule has 0 radical (unpaired) electrons. The van der Waals surface area contributed by atoms with Gasteiger partial charge in [0.05, 0.1) is 0 Å². The SMILES string of the molecule is CCCN1CCCC[C@@H]1c1ccc(N(C)c2ccccc2)nc1. The van der Waals surface area contributed by atoms with Crippen LogP contribution in [0.25, 0.3) is 0 Å². The lowest BCUT2D eigenvalue weighted by atomic mass is 9.96. The summed E-state index contributed by atoms with van der Waals surface area (Å²) in [5, 5.41) is 0. The van der Waals surface area contributed by atoms with Gasteiger partial charge in [-0.15, -0.1) is 0 Å². The Morgan fingerprint density at radius 1 is 1.13 bits per heavy atom. The molecule has 1 aliphatic heterocycles. The van der Waals surface area contributed by atoms with Gasteiger partial charge in [-0.3, -0.25) is 4.90 Å². The lowest BCUT2D eigenvalue weighted by molar-refractivity contribution is 0.149. The van der Waals surface area contributed by atoms with E-state index < -0.39 is 0 Å². The van der Waals surface area contributed by atoms with E-state index in [4.69, 9.17) is 4.98 Å². The van der Waals surface area contributed by atoms with Crippen molar-refractivity contribution in [3.63, 3.8) is 0 Å². The third kappa shape index (κ3) is 3.73. The van der Waals surface area contributed by atoms with Crippen molar-refractivity contribution < 1.29 is 0 Å².